The molecule has 0 heterocycles. The first-order valence-corrected chi connectivity index (χ1v) is 5.43. The van der Waals surface area contributed by atoms with Crippen LogP contribution in [0.2, 0.25) is 5.02 Å². The van der Waals surface area contributed by atoms with E-state index in [1.807, 2.05) is 0 Å². The van der Waals surface area contributed by atoms with Crippen LogP contribution >= 0.6 is 23.2 Å². The summed E-state index contributed by atoms with van der Waals surface area (Å²) in [7, 11) is 0. The van der Waals surface area contributed by atoms with Crippen LogP contribution in [0.5, 0.6) is 5.75 Å². The van der Waals surface area contributed by atoms with Gasteiger partial charge in [0.05, 0.1) is 21.6 Å². The minimum Gasteiger partial charge on any atom is -0.484 e. The largest absolute Gasteiger partial charge is 0.484 e. The molecule has 0 unspecified atom stereocenters. The lowest BCUT2D eigenvalue weighted by Crippen LogP contribution is -2.08. The van der Waals surface area contributed by atoms with Crippen molar-refractivity contribution in [3.05, 3.63) is 32.8 Å². The predicted octanol–water partition coefficient (Wildman–Crippen LogP) is 3.41. The number of nitro benzene ring substituents is 1. The molecule has 5 nitrogen and oxygen atoms in total. The second-order valence-electron chi connectivity index (χ2n) is 3.50. The summed E-state index contributed by atoms with van der Waals surface area (Å²) < 4.78 is 5.24. The molecule has 7 heteroatoms. The Hall–Kier alpha value is -1.33. The van der Waals surface area contributed by atoms with Crippen molar-refractivity contribution in [2.24, 2.45) is 0 Å². The van der Waals surface area contributed by atoms with Crippen LogP contribution in [0.25, 0.3) is 0 Å². The zero-order valence-corrected chi connectivity index (χ0v) is 10.6. The highest BCUT2D eigenvalue weighted by molar-refractivity contribution is 6.68. The Bertz CT molecular complexity index is 474. The number of rotatable bonds is 4. The molecular weight excluding hydrogens is 269 g/mol. The van der Waals surface area contributed by atoms with E-state index in [-0.39, 0.29) is 28.1 Å². The van der Waals surface area contributed by atoms with Crippen molar-refractivity contribution in [1.29, 1.82) is 0 Å². The van der Waals surface area contributed by atoms with Crippen LogP contribution in [0.1, 0.15) is 24.2 Å². The summed E-state index contributed by atoms with van der Waals surface area (Å²) in [5.41, 5.74) is -0.455. The van der Waals surface area contributed by atoms with Gasteiger partial charge in [-0.3, -0.25) is 14.9 Å². The van der Waals surface area contributed by atoms with Gasteiger partial charge in [0.2, 0.25) is 0 Å². The lowest BCUT2D eigenvalue weighted by Gasteiger charge is -2.11. The fourth-order valence-corrected chi connectivity index (χ4v) is 1.63. The van der Waals surface area contributed by atoms with Gasteiger partial charge in [-0.25, -0.2) is 0 Å². The highest BCUT2D eigenvalue weighted by atomic mass is 35.5. The van der Waals surface area contributed by atoms with Gasteiger partial charge >= 0.3 is 5.69 Å². The van der Waals surface area contributed by atoms with Gasteiger partial charge in [-0.2, -0.15) is 0 Å². The fourth-order valence-electron chi connectivity index (χ4n) is 1.19. The molecule has 0 amide bonds. The normalized spacial score (nSPS) is 10.4. The highest BCUT2D eigenvalue weighted by Gasteiger charge is 2.22. The molecule has 0 aliphatic carbocycles. The van der Waals surface area contributed by atoms with E-state index >= 15 is 0 Å². The number of benzene rings is 1. The molecule has 92 valence electrons. The zero-order chi connectivity index (χ0) is 13.2. The quantitative estimate of drug-likeness (QED) is 0.480. The van der Waals surface area contributed by atoms with Gasteiger partial charge in [-0.05, 0) is 25.4 Å². The molecule has 0 bridgehead atoms. The van der Waals surface area contributed by atoms with E-state index in [1.165, 1.54) is 6.07 Å². The number of ether oxygens (including phenoxy) is 1. The molecule has 0 spiro atoms. The van der Waals surface area contributed by atoms with Crippen molar-refractivity contribution < 1.29 is 14.5 Å². The third-order valence-corrected chi connectivity index (χ3v) is 2.34. The van der Waals surface area contributed by atoms with E-state index in [1.54, 1.807) is 13.8 Å². The summed E-state index contributed by atoms with van der Waals surface area (Å²) in [6.07, 6.45) is -0.248. The SMILES string of the molecule is CC(C)Oc1cc(Cl)c(C(=O)Cl)cc1[N+](=O)[O-]. The maximum absolute atomic E-state index is 11.0. The van der Waals surface area contributed by atoms with Crippen molar-refractivity contribution in [3.8, 4) is 5.75 Å². The van der Waals surface area contributed by atoms with Gasteiger partial charge in [0.15, 0.2) is 5.75 Å². The fraction of sp³-hybridized carbons (Fsp3) is 0.300. The second kappa shape index (κ2) is 5.33. The molecule has 0 saturated heterocycles. The molecule has 0 aromatic heterocycles. The molecule has 17 heavy (non-hydrogen) atoms. The lowest BCUT2D eigenvalue weighted by molar-refractivity contribution is -0.386. The average molecular weight is 278 g/mol. The highest BCUT2D eigenvalue weighted by Crippen LogP contribution is 2.34. The number of hydrogen-bond acceptors (Lipinski definition) is 4. The van der Waals surface area contributed by atoms with Crippen LogP contribution in [0.15, 0.2) is 12.1 Å². The Labute approximate surface area is 107 Å². The number of carbonyl (C=O) groups is 1. The number of nitro groups is 1. The summed E-state index contributed by atoms with van der Waals surface area (Å²) >= 11 is 11.0. The van der Waals surface area contributed by atoms with Crippen LogP contribution in [0, 0.1) is 10.1 Å². The van der Waals surface area contributed by atoms with Crippen molar-refractivity contribution in [1.82, 2.24) is 0 Å². The molecule has 1 aromatic carbocycles. The minimum atomic E-state index is -0.853. The smallest absolute Gasteiger partial charge is 0.311 e. The Kier molecular flexibility index (Phi) is 4.31. The number of hydrogen-bond donors (Lipinski definition) is 0. The van der Waals surface area contributed by atoms with E-state index in [4.69, 9.17) is 27.9 Å². The van der Waals surface area contributed by atoms with Crippen LogP contribution in [0.4, 0.5) is 5.69 Å². The third kappa shape index (κ3) is 3.31. The van der Waals surface area contributed by atoms with Gasteiger partial charge in [0, 0.05) is 12.1 Å². The first-order valence-electron chi connectivity index (χ1n) is 4.67. The first kappa shape index (κ1) is 13.7. The molecular formula is C10H9Cl2NO4. The van der Waals surface area contributed by atoms with Gasteiger partial charge in [-0.1, -0.05) is 11.6 Å². The van der Waals surface area contributed by atoms with Gasteiger partial charge in [-0.15, -0.1) is 0 Å². The molecule has 0 N–H and O–H groups in total. The average Bonchev–Trinajstić information content (AvgIpc) is 2.15. The third-order valence-electron chi connectivity index (χ3n) is 1.82. The molecule has 1 aromatic rings. The number of halogens is 2. The van der Waals surface area contributed by atoms with Crippen molar-refractivity contribution >= 4 is 34.1 Å². The Morgan fingerprint density at radius 3 is 2.47 bits per heavy atom. The Balaban J connectivity index is 3.35. The Morgan fingerprint density at radius 1 is 1.47 bits per heavy atom. The summed E-state index contributed by atoms with van der Waals surface area (Å²) in [6.45, 7) is 3.44. The maximum Gasteiger partial charge on any atom is 0.311 e. The van der Waals surface area contributed by atoms with Gasteiger partial charge in [0.25, 0.3) is 5.24 Å². The molecule has 0 aliphatic heterocycles. The molecule has 1 rings (SSSR count). The summed E-state index contributed by atoms with van der Waals surface area (Å²) in [5, 5.41) is 9.98. The molecule has 0 saturated carbocycles. The molecule has 0 fully saturated rings. The standard InChI is InChI=1S/C10H9Cl2NO4/c1-5(2)17-9-4-7(11)6(10(12)14)3-8(9)13(15)16/h3-5H,1-2H3. The zero-order valence-electron chi connectivity index (χ0n) is 9.07. The van der Waals surface area contributed by atoms with Crippen molar-refractivity contribution in [3.63, 3.8) is 0 Å². The summed E-state index contributed by atoms with van der Waals surface area (Å²) in [5.74, 6) is 0.0108. The van der Waals surface area contributed by atoms with E-state index < -0.39 is 10.2 Å². The minimum absolute atomic E-state index is 0.0108. The van der Waals surface area contributed by atoms with E-state index in [0.717, 1.165) is 6.07 Å². The van der Waals surface area contributed by atoms with Crippen LogP contribution in [-0.2, 0) is 0 Å². The van der Waals surface area contributed by atoms with Gasteiger partial charge < -0.3 is 4.74 Å². The number of nitrogens with zero attached hydrogens (tertiary/aromatic N) is 1. The van der Waals surface area contributed by atoms with E-state index in [0.29, 0.717) is 0 Å². The summed E-state index contributed by atoms with van der Waals surface area (Å²) in [6, 6.07) is 2.23. The predicted molar refractivity (Wildman–Crippen MR) is 64.1 cm³/mol. The first-order chi connectivity index (χ1) is 7.82. The second-order valence-corrected chi connectivity index (χ2v) is 4.25. The monoisotopic (exact) mass is 277 g/mol. The van der Waals surface area contributed by atoms with Crippen LogP contribution in [0.3, 0.4) is 0 Å². The van der Waals surface area contributed by atoms with E-state index in [9.17, 15) is 14.9 Å². The number of carbonyl (C=O) groups excluding carboxylic acids is 1. The maximum atomic E-state index is 11.0. The molecule has 0 radical (unpaired) electrons. The Morgan fingerprint density at radius 2 is 2.06 bits per heavy atom. The molecule has 0 atom stereocenters. The van der Waals surface area contributed by atoms with Crippen molar-refractivity contribution in [2.45, 2.75) is 20.0 Å². The summed E-state index contributed by atoms with van der Waals surface area (Å²) in [4.78, 5) is 21.2. The topological polar surface area (TPSA) is 69.4 Å². The van der Waals surface area contributed by atoms with Crippen LogP contribution < -0.4 is 4.74 Å². The molecule has 0 aliphatic rings. The van der Waals surface area contributed by atoms with E-state index in [2.05, 4.69) is 0 Å². The van der Waals surface area contributed by atoms with Crippen molar-refractivity contribution in [2.75, 3.05) is 0 Å². The van der Waals surface area contributed by atoms with Gasteiger partial charge in [0.1, 0.15) is 0 Å². The van der Waals surface area contributed by atoms with Crippen LogP contribution in [-0.4, -0.2) is 16.3 Å². The lowest BCUT2D eigenvalue weighted by atomic mass is 10.2.